The van der Waals surface area contributed by atoms with Gasteiger partial charge >= 0.3 is 5.97 Å². The highest BCUT2D eigenvalue weighted by atomic mass is 16.5. The van der Waals surface area contributed by atoms with Crippen molar-refractivity contribution in [3.8, 4) is 0 Å². The molecule has 0 aliphatic rings. The summed E-state index contributed by atoms with van der Waals surface area (Å²) in [6, 6.07) is 3.19. The van der Waals surface area contributed by atoms with E-state index in [1.54, 1.807) is 13.2 Å². The number of hydrogen-bond donors (Lipinski definition) is 2. The van der Waals surface area contributed by atoms with Gasteiger partial charge in [-0.05, 0) is 38.3 Å². The van der Waals surface area contributed by atoms with E-state index in [2.05, 4.69) is 10.6 Å². The van der Waals surface area contributed by atoms with Crippen LogP contribution in [-0.4, -0.2) is 37.0 Å². The second-order valence-electron chi connectivity index (χ2n) is 6.56. The standard InChI is InChI=1S/C20H26N2O5/c1-5-8-21-20(25)14(4)22-17(23)11-26-18(24)9-15-10-27-19-13(3)12(2)6-7-16(15)19/h6-7,10,14H,5,8-9,11H2,1-4H3,(H,21,25)(H,22,23)/t14-/m1/s1. The highest BCUT2D eigenvalue weighted by Gasteiger charge is 2.17. The molecule has 27 heavy (non-hydrogen) atoms. The lowest BCUT2D eigenvalue weighted by Crippen LogP contribution is -2.46. The number of aryl methyl sites for hydroxylation is 2. The summed E-state index contributed by atoms with van der Waals surface area (Å²) >= 11 is 0. The van der Waals surface area contributed by atoms with Crippen LogP contribution in [0.5, 0.6) is 0 Å². The van der Waals surface area contributed by atoms with Gasteiger partial charge in [0.2, 0.25) is 5.91 Å². The molecule has 1 atom stereocenters. The van der Waals surface area contributed by atoms with Gasteiger partial charge in [-0.25, -0.2) is 0 Å². The van der Waals surface area contributed by atoms with E-state index in [4.69, 9.17) is 9.15 Å². The number of esters is 1. The highest BCUT2D eigenvalue weighted by Crippen LogP contribution is 2.26. The normalized spacial score (nSPS) is 11.9. The zero-order valence-corrected chi connectivity index (χ0v) is 16.2. The molecule has 0 bridgehead atoms. The zero-order chi connectivity index (χ0) is 20.0. The molecule has 0 unspecified atom stereocenters. The molecule has 2 amide bonds. The average Bonchev–Trinajstić information content (AvgIpc) is 3.04. The first kappa shape index (κ1) is 20.5. The van der Waals surface area contributed by atoms with Crippen molar-refractivity contribution in [2.24, 2.45) is 0 Å². The minimum absolute atomic E-state index is 0.00925. The van der Waals surface area contributed by atoms with Crippen LogP contribution in [0.4, 0.5) is 0 Å². The van der Waals surface area contributed by atoms with Crippen LogP contribution in [0.25, 0.3) is 11.0 Å². The van der Waals surface area contributed by atoms with Gasteiger partial charge in [-0.1, -0.05) is 19.1 Å². The number of ether oxygens (including phenoxy) is 1. The van der Waals surface area contributed by atoms with E-state index in [-0.39, 0.29) is 12.3 Å². The smallest absolute Gasteiger partial charge is 0.310 e. The Labute approximate surface area is 158 Å². The lowest BCUT2D eigenvalue weighted by atomic mass is 10.0. The molecule has 1 heterocycles. The molecule has 0 fully saturated rings. The van der Waals surface area contributed by atoms with E-state index in [1.165, 1.54) is 0 Å². The molecule has 0 saturated carbocycles. The first-order valence-electron chi connectivity index (χ1n) is 9.02. The van der Waals surface area contributed by atoms with Crippen LogP contribution in [0.15, 0.2) is 22.8 Å². The fourth-order valence-corrected chi connectivity index (χ4v) is 2.63. The van der Waals surface area contributed by atoms with Crippen molar-refractivity contribution in [1.29, 1.82) is 0 Å². The van der Waals surface area contributed by atoms with Gasteiger partial charge in [0.25, 0.3) is 5.91 Å². The van der Waals surface area contributed by atoms with Crippen LogP contribution in [0.3, 0.4) is 0 Å². The molecule has 0 radical (unpaired) electrons. The van der Waals surface area contributed by atoms with Gasteiger partial charge < -0.3 is 19.8 Å². The number of furan rings is 1. The molecule has 1 aromatic heterocycles. The molecule has 1 aromatic carbocycles. The molecular formula is C20H26N2O5. The third-order valence-electron chi connectivity index (χ3n) is 4.36. The quantitative estimate of drug-likeness (QED) is 0.690. The van der Waals surface area contributed by atoms with Gasteiger partial charge in [-0.15, -0.1) is 0 Å². The summed E-state index contributed by atoms with van der Waals surface area (Å²) < 4.78 is 10.6. The van der Waals surface area contributed by atoms with Crippen LogP contribution >= 0.6 is 0 Å². The Kier molecular flexibility index (Phi) is 6.98. The molecule has 0 spiro atoms. The van der Waals surface area contributed by atoms with Crippen LogP contribution in [-0.2, 0) is 25.5 Å². The minimum Gasteiger partial charge on any atom is -0.464 e. The summed E-state index contributed by atoms with van der Waals surface area (Å²) in [7, 11) is 0. The number of amides is 2. The van der Waals surface area contributed by atoms with Gasteiger partial charge in [0.15, 0.2) is 6.61 Å². The molecule has 2 N–H and O–H groups in total. The summed E-state index contributed by atoms with van der Waals surface area (Å²) in [6.07, 6.45) is 2.36. The maximum Gasteiger partial charge on any atom is 0.310 e. The lowest BCUT2D eigenvalue weighted by Gasteiger charge is -2.13. The van der Waals surface area contributed by atoms with Gasteiger partial charge in [-0.3, -0.25) is 14.4 Å². The van der Waals surface area contributed by atoms with Crippen molar-refractivity contribution >= 4 is 28.8 Å². The second-order valence-corrected chi connectivity index (χ2v) is 6.56. The molecular weight excluding hydrogens is 348 g/mol. The predicted octanol–water partition coefficient (Wildman–Crippen LogP) is 2.17. The van der Waals surface area contributed by atoms with E-state index in [0.717, 1.165) is 28.5 Å². The number of carbonyl (C=O) groups is 3. The Hall–Kier alpha value is -2.83. The maximum atomic E-state index is 12.0. The third-order valence-corrected chi connectivity index (χ3v) is 4.36. The number of rotatable bonds is 8. The summed E-state index contributed by atoms with van der Waals surface area (Å²) in [5.41, 5.74) is 3.61. The molecule has 7 heteroatoms. The first-order chi connectivity index (χ1) is 12.8. The van der Waals surface area contributed by atoms with Gasteiger partial charge in [0.1, 0.15) is 11.6 Å². The number of benzene rings is 1. The topological polar surface area (TPSA) is 97.6 Å². The number of nitrogens with one attached hydrogen (secondary N) is 2. The fourth-order valence-electron chi connectivity index (χ4n) is 2.63. The van der Waals surface area contributed by atoms with Crippen molar-refractivity contribution < 1.29 is 23.5 Å². The second kappa shape index (κ2) is 9.21. The summed E-state index contributed by atoms with van der Waals surface area (Å²) in [6.45, 7) is 7.59. The fraction of sp³-hybridized carbons (Fsp3) is 0.450. The van der Waals surface area contributed by atoms with Gasteiger partial charge in [0, 0.05) is 17.5 Å². The van der Waals surface area contributed by atoms with E-state index >= 15 is 0 Å². The Morgan fingerprint density at radius 1 is 1.22 bits per heavy atom. The van der Waals surface area contributed by atoms with E-state index in [9.17, 15) is 14.4 Å². The van der Waals surface area contributed by atoms with Crippen LogP contribution in [0.2, 0.25) is 0 Å². The number of hydrogen-bond acceptors (Lipinski definition) is 5. The lowest BCUT2D eigenvalue weighted by molar-refractivity contribution is -0.148. The Bertz CT molecular complexity index is 840. The van der Waals surface area contributed by atoms with Crippen LogP contribution < -0.4 is 10.6 Å². The van der Waals surface area contributed by atoms with Crippen molar-refractivity contribution in [3.63, 3.8) is 0 Å². The Morgan fingerprint density at radius 3 is 2.67 bits per heavy atom. The van der Waals surface area contributed by atoms with Crippen molar-refractivity contribution in [3.05, 3.63) is 35.1 Å². The Morgan fingerprint density at radius 2 is 1.96 bits per heavy atom. The van der Waals surface area contributed by atoms with E-state index in [1.807, 2.05) is 32.9 Å². The number of fused-ring (bicyclic) bond motifs is 1. The Balaban J connectivity index is 1.85. The predicted molar refractivity (Wildman–Crippen MR) is 101 cm³/mol. The summed E-state index contributed by atoms with van der Waals surface area (Å²) in [5, 5.41) is 6.05. The van der Waals surface area contributed by atoms with Gasteiger partial charge in [0.05, 0.1) is 12.7 Å². The maximum absolute atomic E-state index is 12.0. The zero-order valence-electron chi connectivity index (χ0n) is 16.2. The molecule has 0 saturated heterocycles. The third kappa shape index (κ3) is 5.32. The molecule has 2 rings (SSSR count). The molecule has 2 aromatic rings. The van der Waals surface area contributed by atoms with Crippen LogP contribution in [0.1, 0.15) is 37.0 Å². The number of carbonyl (C=O) groups excluding carboxylic acids is 3. The summed E-state index contributed by atoms with van der Waals surface area (Å²) in [5.74, 6) is -1.33. The largest absolute Gasteiger partial charge is 0.464 e. The first-order valence-corrected chi connectivity index (χ1v) is 9.02. The van der Waals surface area contributed by atoms with Crippen molar-refractivity contribution in [2.75, 3.05) is 13.2 Å². The molecule has 146 valence electrons. The molecule has 7 nitrogen and oxygen atoms in total. The van der Waals surface area contributed by atoms with Crippen molar-refractivity contribution in [1.82, 2.24) is 10.6 Å². The molecule has 0 aliphatic carbocycles. The van der Waals surface area contributed by atoms with E-state index in [0.29, 0.717) is 12.1 Å². The van der Waals surface area contributed by atoms with Gasteiger partial charge in [-0.2, -0.15) is 0 Å². The summed E-state index contributed by atoms with van der Waals surface area (Å²) in [4.78, 5) is 35.6. The van der Waals surface area contributed by atoms with Crippen LogP contribution in [0, 0.1) is 13.8 Å². The molecule has 0 aliphatic heterocycles. The highest BCUT2D eigenvalue weighted by molar-refractivity contribution is 5.90. The average molecular weight is 374 g/mol. The monoisotopic (exact) mass is 374 g/mol. The minimum atomic E-state index is -0.688. The SMILES string of the molecule is CCCNC(=O)[C@@H](C)NC(=O)COC(=O)Cc1coc2c(C)c(C)ccc12. The van der Waals surface area contributed by atoms with E-state index < -0.39 is 24.5 Å². The van der Waals surface area contributed by atoms with Crippen molar-refractivity contribution in [2.45, 2.75) is 46.6 Å².